The molecule has 0 aromatic heterocycles. The summed E-state index contributed by atoms with van der Waals surface area (Å²) < 4.78 is 4.76. The molecule has 0 saturated carbocycles. The van der Waals surface area contributed by atoms with Crippen LogP contribution in [0.3, 0.4) is 0 Å². The third-order valence-electron chi connectivity index (χ3n) is 2.94. The maximum absolute atomic E-state index is 11.6. The van der Waals surface area contributed by atoms with E-state index in [0.717, 1.165) is 24.1 Å². The normalized spacial score (nSPS) is 11.7. The predicted molar refractivity (Wildman–Crippen MR) is 75.0 cm³/mol. The van der Waals surface area contributed by atoms with Gasteiger partial charge in [0, 0.05) is 11.7 Å². The largest absolute Gasteiger partial charge is 0.465 e. The molecule has 3 heteroatoms. The van der Waals surface area contributed by atoms with Crippen molar-refractivity contribution in [2.24, 2.45) is 0 Å². The standard InChI is InChI=1S/C15H21NO2/c1-5-6-8-11(2)16-14-10-7-9-13(12(14)3)15(17)18-4/h5,7,9-11,16H,1,6,8H2,2-4H3. The van der Waals surface area contributed by atoms with Crippen molar-refractivity contribution in [3.8, 4) is 0 Å². The molecule has 1 rings (SSSR count). The summed E-state index contributed by atoms with van der Waals surface area (Å²) in [5, 5.41) is 3.41. The Morgan fingerprint density at radius 1 is 1.56 bits per heavy atom. The number of benzene rings is 1. The SMILES string of the molecule is C=CCCC(C)Nc1cccc(C(=O)OC)c1C. The lowest BCUT2D eigenvalue weighted by molar-refractivity contribution is 0.0600. The van der Waals surface area contributed by atoms with E-state index in [1.54, 1.807) is 6.07 Å². The first-order valence-corrected chi connectivity index (χ1v) is 6.15. The maximum atomic E-state index is 11.6. The highest BCUT2D eigenvalue weighted by Crippen LogP contribution is 2.21. The van der Waals surface area contributed by atoms with E-state index in [0.29, 0.717) is 11.6 Å². The molecule has 18 heavy (non-hydrogen) atoms. The molecule has 0 aliphatic carbocycles. The average Bonchev–Trinajstić information content (AvgIpc) is 2.38. The maximum Gasteiger partial charge on any atom is 0.338 e. The molecule has 1 aromatic rings. The van der Waals surface area contributed by atoms with Crippen LogP contribution >= 0.6 is 0 Å². The Bertz CT molecular complexity index is 427. The third kappa shape index (κ3) is 3.62. The summed E-state index contributed by atoms with van der Waals surface area (Å²) in [6, 6.07) is 5.96. The highest BCUT2D eigenvalue weighted by molar-refractivity contribution is 5.92. The zero-order chi connectivity index (χ0) is 13.5. The van der Waals surface area contributed by atoms with Crippen LogP contribution in [0, 0.1) is 6.92 Å². The number of nitrogens with one attached hydrogen (secondary N) is 1. The summed E-state index contributed by atoms with van der Waals surface area (Å²) in [4.78, 5) is 11.6. The van der Waals surface area contributed by atoms with Crippen LogP contribution < -0.4 is 5.32 Å². The molecule has 0 bridgehead atoms. The second kappa shape index (κ2) is 6.84. The van der Waals surface area contributed by atoms with E-state index in [-0.39, 0.29) is 5.97 Å². The molecule has 98 valence electrons. The van der Waals surface area contributed by atoms with Crippen molar-refractivity contribution in [2.75, 3.05) is 12.4 Å². The summed E-state index contributed by atoms with van der Waals surface area (Å²) in [7, 11) is 1.40. The van der Waals surface area contributed by atoms with Crippen LogP contribution in [0.2, 0.25) is 0 Å². The number of allylic oxidation sites excluding steroid dienone is 1. The van der Waals surface area contributed by atoms with Crippen LogP contribution in [0.4, 0.5) is 5.69 Å². The van der Waals surface area contributed by atoms with Gasteiger partial charge in [-0.25, -0.2) is 4.79 Å². The Balaban J connectivity index is 2.83. The summed E-state index contributed by atoms with van der Waals surface area (Å²) in [6.07, 6.45) is 3.91. The molecule has 0 amide bonds. The predicted octanol–water partition coefficient (Wildman–Crippen LogP) is 3.55. The lowest BCUT2D eigenvalue weighted by Crippen LogP contribution is -2.16. The minimum atomic E-state index is -0.296. The van der Waals surface area contributed by atoms with Crippen LogP contribution in [0.5, 0.6) is 0 Å². The Hall–Kier alpha value is -1.77. The van der Waals surface area contributed by atoms with Crippen molar-refractivity contribution in [1.82, 2.24) is 0 Å². The summed E-state index contributed by atoms with van der Waals surface area (Å²) in [5.41, 5.74) is 2.52. The molecule has 1 aromatic carbocycles. The molecule has 0 fully saturated rings. The number of anilines is 1. The van der Waals surface area contributed by atoms with Gasteiger partial charge >= 0.3 is 5.97 Å². The molecule has 3 nitrogen and oxygen atoms in total. The molecule has 0 aliphatic rings. The van der Waals surface area contributed by atoms with Gasteiger partial charge < -0.3 is 10.1 Å². The van der Waals surface area contributed by atoms with Gasteiger partial charge in [0.1, 0.15) is 0 Å². The van der Waals surface area contributed by atoms with Crippen molar-refractivity contribution >= 4 is 11.7 Å². The van der Waals surface area contributed by atoms with Crippen molar-refractivity contribution in [3.05, 3.63) is 42.0 Å². The first-order valence-electron chi connectivity index (χ1n) is 6.15. The van der Waals surface area contributed by atoms with Gasteiger partial charge in [-0.05, 0) is 44.4 Å². The fourth-order valence-electron chi connectivity index (χ4n) is 1.83. The van der Waals surface area contributed by atoms with Gasteiger partial charge in [-0.3, -0.25) is 0 Å². The fraction of sp³-hybridized carbons (Fsp3) is 0.400. The molecule has 1 atom stereocenters. The second-order valence-corrected chi connectivity index (χ2v) is 4.38. The Morgan fingerprint density at radius 3 is 2.89 bits per heavy atom. The second-order valence-electron chi connectivity index (χ2n) is 4.38. The highest BCUT2D eigenvalue weighted by atomic mass is 16.5. The van der Waals surface area contributed by atoms with Gasteiger partial charge in [-0.2, -0.15) is 0 Å². The van der Waals surface area contributed by atoms with Crippen LogP contribution in [-0.2, 0) is 4.74 Å². The van der Waals surface area contributed by atoms with E-state index in [9.17, 15) is 4.79 Å². The van der Waals surface area contributed by atoms with Gasteiger partial charge in [0.15, 0.2) is 0 Å². The zero-order valence-corrected chi connectivity index (χ0v) is 11.3. The van der Waals surface area contributed by atoms with E-state index in [1.165, 1.54) is 7.11 Å². The number of esters is 1. The molecule has 0 heterocycles. The molecule has 0 saturated heterocycles. The van der Waals surface area contributed by atoms with Gasteiger partial charge in [0.25, 0.3) is 0 Å². The number of rotatable bonds is 6. The quantitative estimate of drug-likeness (QED) is 0.617. The Kier molecular flexibility index (Phi) is 5.43. The Labute approximate surface area is 109 Å². The average molecular weight is 247 g/mol. The van der Waals surface area contributed by atoms with Gasteiger partial charge in [0.05, 0.1) is 12.7 Å². The molecular formula is C15H21NO2. The fourth-order valence-corrected chi connectivity index (χ4v) is 1.83. The highest BCUT2D eigenvalue weighted by Gasteiger charge is 2.12. The van der Waals surface area contributed by atoms with Gasteiger partial charge in [-0.1, -0.05) is 12.1 Å². The molecular weight excluding hydrogens is 226 g/mol. The topological polar surface area (TPSA) is 38.3 Å². The monoisotopic (exact) mass is 247 g/mol. The van der Waals surface area contributed by atoms with E-state index < -0.39 is 0 Å². The van der Waals surface area contributed by atoms with E-state index in [2.05, 4.69) is 18.8 Å². The van der Waals surface area contributed by atoms with Crippen molar-refractivity contribution in [1.29, 1.82) is 0 Å². The molecule has 1 N–H and O–H groups in total. The van der Waals surface area contributed by atoms with Crippen LogP contribution in [0.25, 0.3) is 0 Å². The van der Waals surface area contributed by atoms with Crippen molar-refractivity contribution in [2.45, 2.75) is 32.7 Å². The molecule has 0 radical (unpaired) electrons. The van der Waals surface area contributed by atoms with E-state index in [1.807, 2.05) is 25.1 Å². The van der Waals surface area contributed by atoms with E-state index >= 15 is 0 Å². The first kappa shape index (κ1) is 14.3. The van der Waals surface area contributed by atoms with Crippen molar-refractivity contribution in [3.63, 3.8) is 0 Å². The lowest BCUT2D eigenvalue weighted by atomic mass is 10.1. The number of hydrogen-bond donors (Lipinski definition) is 1. The third-order valence-corrected chi connectivity index (χ3v) is 2.94. The minimum absolute atomic E-state index is 0.296. The summed E-state index contributed by atoms with van der Waals surface area (Å²) in [6.45, 7) is 7.76. The van der Waals surface area contributed by atoms with Gasteiger partial charge in [-0.15, -0.1) is 6.58 Å². The molecule has 0 spiro atoms. The molecule has 1 unspecified atom stereocenters. The van der Waals surface area contributed by atoms with Crippen LogP contribution in [0.1, 0.15) is 35.7 Å². The Morgan fingerprint density at radius 2 is 2.28 bits per heavy atom. The minimum Gasteiger partial charge on any atom is -0.465 e. The summed E-state index contributed by atoms with van der Waals surface area (Å²) in [5.74, 6) is -0.296. The summed E-state index contributed by atoms with van der Waals surface area (Å²) >= 11 is 0. The number of ether oxygens (including phenoxy) is 1. The number of hydrogen-bond acceptors (Lipinski definition) is 3. The molecule has 0 aliphatic heterocycles. The lowest BCUT2D eigenvalue weighted by Gasteiger charge is -2.17. The van der Waals surface area contributed by atoms with E-state index in [4.69, 9.17) is 4.74 Å². The number of methoxy groups -OCH3 is 1. The zero-order valence-electron chi connectivity index (χ0n) is 11.3. The number of carbonyl (C=O) groups excluding carboxylic acids is 1. The van der Waals surface area contributed by atoms with Crippen molar-refractivity contribution < 1.29 is 9.53 Å². The number of carbonyl (C=O) groups is 1. The first-order chi connectivity index (χ1) is 8.60. The van der Waals surface area contributed by atoms with Crippen LogP contribution in [0.15, 0.2) is 30.9 Å². The smallest absolute Gasteiger partial charge is 0.338 e. The van der Waals surface area contributed by atoms with Crippen LogP contribution in [-0.4, -0.2) is 19.1 Å². The van der Waals surface area contributed by atoms with Gasteiger partial charge in [0.2, 0.25) is 0 Å².